The Hall–Kier alpha value is -1.17. The average molecular weight is 265 g/mol. The van der Waals surface area contributed by atoms with Gasteiger partial charge < -0.3 is 4.90 Å². The highest BCUT2D eigenvalue weighted by molar-refractivity contribution is 6.29. The van der Waals surface area contributed by atoms with Crippen molar-refractivity contribution >= 4 is 29.3 Å². The second-order valence-electron chi connectivity index (χ2n) is 3.84. The first-order chi connectivity index (χ1) is 7.90. The Morgan fingerprint density at radius 3 is 2.59 bits per heavy atom. The average Bonchev–Trinajstić information content (AvgIpc) is 2.53. The number of hydrogen-bond donors (Lipinski definition) is 0. The van der Waals surface area contributed by atoms with E-state index in [0.29, 0.717) is 6.42 Å². The van der Waals surface area contributed by atoms with E-state index in [1.807, 2.05) is 0 Å². The molecule has 0 bridgehead atoms. The van der Waals surface area contributed by atoms with Crippen LogP contribution in [0.5, 0.6) is 0 Å². The summed E-state index contributed by atoms with van der Waals surface area (Å²) in [5.74, 6) is -1.83. The summed E-state index contributed by atoms with van der Waals surface area (Å²) < 4.78 is 12.8. The summed E-state index contributed by atoms with van der Waals surface area (Å²) >= 11 is 5.09. The SMILES string of the molecule is CCCN(C(=O)C(F)Cl)C1CC(=O)N(C)C1=O. The van der Waals surface area contributed by atoms with Gasteiger partial charge in [0.1, 0.15) is 6.04 Å². The minimum absolute atomic E-state index is 0.106. The van der Waals surface area contributed by atoms with Crippen molar-refractivity contribution in [3.8, 4) is 0 Å². The lowest BCUT2D eigenvalue weighted by Crippen LogP contribution is -2.47. The van der Waals surface area contributed by atoms with Crippen LogP contribution in [0.4, 0.5) is 4.39 Å². The minimum Gasteiger partial charge on any atom is -0.326 e. The van der Waals surface area contributed by atoms with Crippen molar-refractivity contribution < 1.29 is 18.8 Å². The van der Waals surface area contributed by atoms with Gasteiger partial charge in [0.2, 0.25) is 5.91 Å². The van der Waals surface area contributed by atoms with Crippen molar-refractivity contribution in [1.82, 2.24) is 9.80 Å². The summed E-state index contributed by atoms with van der Waals surface area (Å²) in [6, 6.07) is -0.919. The molecule has 96 valence electrons. The molecule has 1 rings (SSSR count). The maximum atomic E-state index is 12.8. The highest BCUT2D eigenvalue weighted by Gasteiger charge is 2.42. The van der Waals surface area contributed by atoms with Crippen molar-refractivity contribution in [2.45, 2.75) is 31.4 Å². The van der Waals surface area contributed by atoms with Gasteiger partial charge in [-0.25, -0.2) is 4.39 Å². The summed E-state index contributed by atoms with van der Waals surface area (Å²) in [6.07, 6.45) is 0.446. The van der Waals surface area contributed by atoms with Crippen molar-refractivity contribution in [1.29, 1.82) is 0 Å². The molecule has 5 nitrogen and oxygen atoms in total. The van der Waals surface area contributed by atoms with Crippen LogP contribution in [-0.2, 0) is 14.4 Å². The number of carbonyl (C=O) groups is 3. The summed E-state index contributed by atoms with van der Waals surface area (Å²) in [5, 5.41) is 0. The first-order valence-electron chi connectivity index (χ1n) is 5.29. The van der Waals surface area contributed by atoms with Gasteiger partial charge in [-0.15, -0.1) is 0 Å². The number of alkyl halides is 2. The molecule has 0 aliphatic carbocycles. The van der Waals surface area contributed by atoms with Crippen LogP contribution in [-0.4, -0.2) is 52.8 Å². The maximum absolute atomic E-state index is 12.8. The minimum atomic E-state index is -2.18. The number of carbonyl (C=O) groups excluding carboxylic acids is 3. The van der Waals surface area contributed by atoms with Gasteiger partial charge >= 0.3 is 0 Å². The monoisotopic (exact) mass is 264 g/mol. The van der Waals surface area contributed by atoms with Gasteiger partial charge in [0.05, 0.1) is 6.42 Å². The van der Waals surface area contributed by atoms with Gasteiger partial charge in [-0.05, 0) is 6.42 Å². The zero-order valence-electron chi connectivity index (χ0n) is 9.65. The third-order valence-electron chi connectivity index (χ3n) is 2.67. The molecular weight excluding hydrogens is 251 g/mol. The molecule has 2 unspecified atom stereocenters. The number of nitrogens with zero attached hydrogens (tertiary/aromatic N) is 2. The molecule has 1 aliphatic rings. The number of amides is 3. The zero-order chi connectivity index (χ0) is 13.2. The fraction of sp³-hybridized carbons (Fsp3) is 0.700. The largest absolute Gasteiger partial charge is 0.326 e. The van der Waals surface area contributed by atoms with Crippen molar-refractivity contribution in [2.24, 2.45) is 0 Å². The van der Waals surface area contributed by atoms with Gasteiger partial charge in [-0.2, -0.15) is 0 Å². The van der Waals surface area contributed by atoms with E-state index in [1.165, 1.54) is 7.05 Å². The quantitative estimate of drug-likeness (QED) is 0.549. The lowest BCUT2D eigenvalue weighted by Gasteiger charge is -2.26. The summed E-state index contributed by atoms with van der Waals surface area (Å²) in [4.78, 5) is 36.5. The molecule has 0 aromatic carbocycles. The Bertz CT molecular complexity index is 348. The predicted molar refractivity (Wildman–Crippen MR) is 58.9 cm³/mol. The van der Waals surface area contributed by atoms with Crippen LogP contribution in [0.3, 0.4) is 0 Å². The van der Waals surface area contributed by atoms with Crippen LogP contribution >= 0.6 is 11.6 Å². The van der Waals surface area contributed by atoms with Gasteiger partial charge in [-0.3, -0.25) is 19.3 Å². The Balaban J connectivity index is 2.89. The van der Waals surface area contributed by atoms with E-state index < -0.39 is 23.5 Å². The zero-order valence-corrected chi connectivity index (χ0v) is 10.4. The van der Waals surface area contributed by atoms with E-state index in [2.05, 4.69) is 0 Å². The fourth-order valence-corrected chi connectivity index (χ4v) is 1.89. The third-order valence-corrected chi connectivity index (χ3v) is 2.85. The molecule has 3 amide bonds. The van der Waals surface area contributed by atoms with Crippen LogP contribution in [0.15, 0.2) is 0 Å². The molecule has 0 aromatic heterocycles. The van der Waals surface area contributed by atoms with Crippen LogP contribution in [0, 0.1) is 0 Å². The molecule has 0 radical (unpaired) electrons. The first-order valence-corrected chi connectivity index (χ1v) is 5.72. The number of hydrogen-bond acceptors (Lipinski definition) is 3. The lowest BCUT2D eigenvalue weighted by atomic mass is 10.2. The highest BCUT2D eigenvalue weighted by atomic mass is 35.5. The normalized spacial score (nSPS) is 21.9. The molecule has 2 atom stereocenters. The molecular formula is C10H14ClFN2O3. The first kappa shape index (κ1) is 13.9. The molecule has 0 spiro atoms. The second kappa shape index (κ2) is 5.44. The molecule has 0 N–H and O–H groups in total. The Kier molecular flexibility index (Phi) is 4.45. The summed E-state index contributed by atoms with van der Waals surface area (Å²) in [5.41, 5.74) is -2.18. The molecule has 0 aromatic rings. The Morgan fingerprint density at radius 2 is 2.24 bits per heavy atom. The highest BCUT2D eigenvalue weighted by Crippen LogP contribution is 2.19. The fourth-order valence-electron chi connectivity index (χ4n) is 1.77. The van der Waals surface area contributed by atoms with Crippen LogP contribution < -0.4 is 0 Å². The molecule has 7 heteroatoms. The van der Waals surface area contributed by atoms with Gasteiger partial charge in [0.25, 0.3) is 17.4 Å². The van der Waals surface area contributed by atoms with Gasteiger partial charge in [-0.1, -0.05) is 18.5 Å². The summed E-state index contributed by atoms with van der Waals surface area (Å²) in [7, 11) is 1.34. The summed E-state index contributed by atoms with van der Waals surface area (Å²) in [6.45, 7) is 1.98. The van der Waals surface area contributed by atoms with E-state index in [-0.39, 0.29) is 18.9 Å². The van der Waals surface area contributed by atoms with E-state index in [1.54, 1.807) is 6.92 Å². The number of halogens is 2. The number of likely N-dealkylation sites (N-methyl/N-ethyl adjacent to an activating group) is 1. The smallest absolute Gasteiger partial charge is 0.273 e. The molecule has 1 fully saturated rings. The van der Waals surface area contributed by atoms with E-state index in [9.17, 15) is 18.8 Å². The second-order valence-corrected chi connectivity index (χ2v) is 4.23. The maximum Gasteiger partial charge on any atom is 0.273 e. The van der Waals surface area contributed by atoms with Crippen molar-refractivity contribution in [3.05, 3.63) is 0 Å². The Labute approximate surface area is 103 Å². The van der Waals surface area contributed by atoms with Crippen molar-refractivity contribution in [3.63, 3.8) is 0 Å². The molecule has 1 heterocycles. The number of rotatable bonds is 4. The lowest BCUT2D eigenvalue weighted by molar-refractivity contribution is -0.144. The topological polar surface area (TPSA) is 57.7 Å². The Morgan fingerprint density at radius 1 is 1.65 bits per heavy atom. The third kappa shape index (κ3) is 2.74. The van der Waals surface area contributed by atoms with Crippen LogP contribution in [0.2, 0.25) is 0 Å². The van der Waals surface area contributed by atoms with E-state index in [4.69, 9.17) is 11.6 Å². The van der Waals surface area contributed by atoms with Crippen LogP contribution in [0.1, 0.15) is 19.8 Å². The molecule has 1 aliphatic heterocycles. The van der Waals surface area contributed by atoms with Crippen LogP contribution in [0.25, 0.3) is 0 Å². The van der Waals surface area contributed by atoms with E-state index in [0.717, 1.165) is 9.80 Å². The van der Waals surface area contributed by atoms with E-state index >= 15 is 0 Å². The van der Waals surface area contributed by atoms with Gasteiger partial charge in [0, 0.05) is 13.6 Å². The predicted octanol–water partition coefficient (Wildman–Crippen LogP) is 0.517. The number of imide groups is 1. The number of likely N-dealkylation sites (tertiary alicyclic amines) is 1. The van der Waals surface area contributed by atoms with Gasteiger partial charge in [0.15, 0.2) is 0 Å². The molecule has 17 heavy (non-hydrogen) atoms. The molecule has 1 saturated heterocycles. The molecule has 0 saturated carbocycles. The standard InChI is InChI=1S/C10H14ClFN2O3/c1-3-4-14(10(17)8(11)12)6-5-7(15)13(2)9(6)16/h6,8H,3-5H2,1-2H3. The van der Waals surface area contributed by atoms with Crippen molar-refractivity contribution in [2.75, 3.05) is 13.6 Å².